The number of carbonyl (C=O) groups is 6. The number of ether oxygens (including phenoxy) is 3. The Hall–Kier alpha value is -2.40. The quantitative estimate of drug-likeness (QED) is 0.0351. The highest BCUT2D eigenvalue weighted by atomic mass is 32.2. The van der Waals surface area contributed by atoms with E-state index >= 15 is 0 Å². The second kappa shape index (κ2) is 25.3. The number of methoxy groups -OCH3 is 2. The molecule has 2 amide bonds. The average Bonchev–Trinajstić information content (AvgIpc) is 3.58. The van der Waals surface area contributed by atoms with Crippen molar-refractivity contribution in [3.05, 3.63) is 0 Å². The fraction of sp³-hybridized carbons (Fsp3) is 0.870. The van der Waals surface area contributed by atoms with Crippen LogP contribution in [0.1, 0.15) is 169 Å². The van der Waals surface area contributed by atoms with E-state index in [0.717, 1.165) is 127 Å². The Bertz CT molecular complexity index is 1490. The molecule has 5 aliphatic rings. The number of thioether (sulfide) groups is 1. The molecule has 8 atom stereocenters. The number of aliphatic hydroxyl groups excluding tert-OH is 2. The summed E-state index contributed by atoms with van der Waals surface area (Å²) in [5.41, 5.74) is -5.61. The van der Waals surface area contributed by atoms with E-state index in [4.69, 9.17) is 4.74 Å². The highest BCUT2D eigenvalue weighted by Gasteiger charge is 2.79. The highest BCUT2D eigenvalue weighted by Crippen LogP contribution is 2.54. The molecule has 0 aromatic heterocycles. The zero-order valence-corrected chi connectivity index (χ0v) is 40.0. The van der Waals surface area contributed by atoms with Crippen molar-refractivity contribution in [2.45, 2.75) is 203 Å². The second-order valence-corrected chi connectivity index (χ2v) is 19.8. The van der Waals surface area contributed by atoms with Gasteiger partial charge in [0.05, 0.1) is 51.1 Å². The summed E-state index contributed by atoms with van der Waals surface area (Å²) in [6.45, 7) is 7.61. The lowest BCUT2D eigenvalue weighted by Gasteiger charge is -2.55. The van der Waals surface area contributed by atoms with Crippen molar-refractivity contribution >= 4 is 59.2 Å². The van der Waals surface area contributed by atoms with E-state index in [9.17, 15) is 44.1 Å². The minimum Gasteiger partial charge on any atom is -0.469 e. The smallest absolute Gasteiger partial charge is 0.339 e. The van der Waals surface area contributed by atoms with Crippen LogP contribution < -0.4 is 10.6 Å². The van der Waals surface area contributed by atoms with Crippen molar-refractivity contribution in [3.8, 4) is 0 Å². The molecule has 3 aliphatic heterocycles. The SMILES string of the molecule is CCCCCC[C@H]1C(=O)N[C@@]2([C@@H](O)C3CCCCC3)C(=O)O[C@@]12C.CCCCCC[C@H]1C(=O)N[C@](C(=O)SCCC(=O)OC)([C@@H](O)C2CCCCC2)[C@@]1(C)O.COC(=O)CCS. The van der Waals surface area contributed by atoms with Gasteiger partial charge < -0.3 is 40.2 Å². The van der Waals surface area contributed by atoms with Crippen molar-refractivity contribution in [2.24, 2.45) is 23.7 Å². The van der Waals surface area contributed by atoms with E-state index in [-0.39, 0.29) is 47.7 Å². The van der Waals surface area contributed by atoms with Gasteiger partial charge in [-0.25, -0.2) is 4.79 Å². The van der Waals surface area contributed by atoms with Gasteiger partial charge in [0, 0.05) is 11.5 Å². The first-order valence-corrected chi connectivity index (χ1v) is 25.0. The Balaban J connectivity index is 0.000000292. The minimum absolute atomic E-state index is 0.0407. The number of esters is 3. The number of hydrogen-bond donors (Lipinski definition) is 6. The van der Waals surface area contributed by atoms with Crippen LogP contribution in [0.3, 0.4) is 0 Å². The summed E-state index contributed by atoms with van der Waals surface area (Å²) < 4.78 is 14.5. The second-order valence-electron chi connectivity index (χ2n) is 18.2. The molecule has 5 N–H and O–H groups in total. The van der Waals surface area contributed by atoms with Gasteiger partial charge in [-0.05, 0) is 64.2 Å². The standard InChI is InChI=1S/C23H39NO6S.C19H31NO4.C4H8O2S/c1-4-5-6-10-13-17-20(27)24-23(22(17,2)29,19(26)16-11-8-7-9-12-16)21(28)31-15-14-18(25)30-3;1-3-4-5-9-12-14-16(22)20-19(17(23)24-18(14,19)2)15(21)13-10-7-6-8-11-13;1-6-4(5)2-3-7/h16-17,19,26,29H,4-15H2,1-3H3,(H,24,27);13-15,21H,3-12H2,1-2H3,(H,20,22);7H,2-3H2,1H3/t17-,19-,22-,23-;14-,15-,18-,19-;/m00./s1. The van der Waals surface area contributed by atoms with Crippen LogP contribution in [-0.4, -0.2) is 110 Å². The minimum atomic E-state index is -1.78. The zero-order valence-electron chi connectivity index (χ0n) is 38.3. The molecule has 5 rings (SSSR count). The van der Waals surface area contributed by atoms with E-state index in [1.807, 2.05) is 6.92 Å². The van der Waals surface area contributed by atoms with Gasteiger partial charge >= 0.3 is 17.9 Å². The number of carbonyl (C=O) groups excluding carboxylic acids is 6. The van der Waals surface area contributed by atoms with Crippen molar-refractivity contribution in [3.63, 3.8) is 0 Å². The van der Waals surface area contributed by atoms with Gasteiger partial charge in [0.15, 0.2) is 11.1 Å². The van der Waals surface area contributed by atoms with Crippen LogP contribution in [0, 0.1) is 23.7 Å². The fourth-order valence-corrected chi connectivity index (χ4v) is 11.6. The molecule has 0 spiro atoms. The number of nitrogens with one attached hydrogen (secondary N) is 2. The van der Waals surface area contributed by atoms with Crippen molar-refractivity contribution in [1.82, 2.24) is 10.6 Å². The molecule has 0 radical (unpaired) electrons. The molecule has 0 bridgehead atoms. The first-order valence-electron chi connectivity index (χ1n) is 23.4. The van der Waals surface area contributed by atoms with E-state index in [2.05, 4.69) is 46.6 Å². The molecule has 14 nitrogen and oxygen atoms in total. The molecular weight excluding hydrogens is 837 g/mol. The van der Waals surface area contributed by atoms with E-state index in [0.29, 0.717) is 18.6 Å². The lowest BCUT2D eigenvalue weighted by atomic mass is 9.63. The van der Waals surface area contributed by atoms with Gasteiger partial charge in [-0.2, -0.15) is 12.6 Å². The molecular formula is C46H78N2O12S2. The number of aliphatic hydroxyl groups is 3. The maximum absolute atomic E-state index is 13.5. The van der Waals surface area contributed by atoms with Crippen LogP contribution in [0.5, 0.6) is 0 Å². The normalized spacial score (nSPS) is 30.5. The van der Waals surface area contributed by atoms with Gasteiger partial charge in [-0.15, -0.1) is 0 Å². The summed E-state index contributed by atoms with van der Waals surface area (Å²) in [7, 11) is 2.65. The van der Waals surface area contributed by atoms with Crippen molar-refractivity contribution in [2.75, 3.05) is 25.7 Å². The molecule has 5 fully saturated rings. The van der Waals surface area contributed by atoms with Crippen LogP contribution in [-0.2, 0) is 43.0 Å². The highest BCUT2D eigenvalue weighted by molar-refractivity contribution is 8.13. The van der Waals surface area contributed by atoms with Crippen molar-refractivity contribution in [1.29, 1.82) is 0 Å². The Morgan fingerprint density at radius 1 is 0.742 bits per heavy atom. The molecule has 356 valence electrons. The van der Waals surface area contributed by atoms with E-state index < -0.39 is 57.5 Å². The Morgan fingerprint density at radius 3 is 1.69 bits per heavy atom. The van der Waals surface area contributed by atoms with Gasteiger partial charge in [0.25, 0.3) is 0 Å². The molecule has 16 heteroatoms. The van der Waals surface area contributed by atoms with Crippen LogP contribution in [0.4, 0.5) is 0 Å². The monoisotopic (exact) mass is 914 g/mol. The first kappa shape index (κ1) is 53.9. The molecule has 3 heterocycles. The predicted octanol–water partition coefficient (Wildman–Crippen LogP) is 6.13. The third-order valence-electron chi connectivity index (χ3n) is 14.2. The number of fused-ring (bicyclic) bond motifs is 1. The number of unbranched alkanes of at least 4 members (excludes halogenated alkanes) is 6. The summed E-state index contributed by atoms with van der Waals surface area (Å²) >= 11 is 4.69. The summed E-state index contributed by atoms with van der Waals surface area (Å²) in [5, 5.41) is 39.3. The maximum Gasteiger partial charge on any atom is 0.339 e. The van der Waals surface area contributed by atoms with Gasteiger partial charge in [0.1, 0.15) is 5.60 Å². The molecule has 2 aliphatic carbocycles. The summed E-state index contributed by atoms with van der Waals surface area (Å²) in [6, 6.07) is 0. The number of hydrogen-bond acceptors (Lipinski definition) is 14. The maximum atomic E-state index is 13.5. The predicted molar refractivity (Wildman–Crippen MR) is 241 cm³/mol. The Kier molecular flexibility index (Phi) is 22.0. The van der Waals surface area contributed by atoms with Crippen molar-refractivity contribution < 1.29 is 58.3 Å². The van der Waals surface area contributed by atoms with Crippen LogP contribution >= 0.6 is 24.4 Å². The molecule has 0 unspecified atom stereocenters. The number of amides is 2. The van der Waals surface area contributed by atoms with Gasteiger partial charge in [0.2, 0.25) is 22.5 Å². The molecule has 3 saturated heterocycles. The first-order chi connectivity index (χ1) is 29.5. The third-order valence-corrected chi connectivity index (χ3v) is 15.4. The largest absolute Gasteiger partial charge is 0.469 e. The van der Waals surface area contributed by atoms with Crippen LogP contribution in [0.15, 0.2) is 0 Å². The van der Waals surface area contributed by atoms with Gasteiger partial charge in [-0.1, -0.05) is 116 Å². The zero-order chi connectivity index (χ0) is 46.1. The molecule has 0 aromatic rings. The fourth-order valence-electron chi connectivity index (χ4n) is 10.4. The Labute approximate surface area is 379 Å². The summed E-state index contributed by atoms with van der Waals surface area (Å²) in [5.74, 6) is -2.05. The van der Waals surface area contributed by atoms with Crippen LogP contribution in [0.2, 0.25) is 0 Å². The molecule has 0 aromatic carbocycles. The topological polar surface area (TPSA) is 215 Å². The van der Waals surface area contributed by atoms with Crippen LogP contribution in [0.25, 0.3) is 0 Å². The number of rotatable bonds is 20. The summed E-state index contributed by atoms with van der Waals surface area (Å²) in [4.78, 5) is 73.0. The lowest BCUT2D eigenvalue weighted by Crippen LogP contribution is -2.80. The molecule has 62 heavy (non-hydrogen) atoms. The average molecular weight is 915 g/mol. The van der Waals surface area contributed by atoms with E-state index in [1.54, 1.807) is 0 Å². The Morgan fingerprint density at radius 2 is 1.23 bits per heavy atom. The summed E-state index contributed by atoms with van der Waals surface area (Å²) in [6.07, 6.45) is 17.5. The molecule has 2 saturated carbocycles. The lowest BCUT2D eigenvalue weighted by molar-refractivity contribution is -0.240. The number of thiol groups is 1. The third kappa shape index (κ3) is 12.1. The van der Waals surface area contributed by atoms with E-state index in [1.165, 1.54) is 27.6 Å². The van der Waals surface area contributed by atoms with Gasteiger partial charge in [-0.3, -0.25) is 24.0 Å².